The topological polar surface area (TPSA) is 38.3 Å². The molecule has 0 aromatic carbocycles. The fourth-order valence-electron chi connectivity index (χ4n) is 0.512. The number of hydrogen-bond acceptors (Lipinski definition) is 2. The molecule has 1 amide bonds. The Hall–Kier alpha value is -0.570. The van der Waals surface area contributed by atoms with Crippen molar-refractivity contribution in [2.45, 2.75) is 33.1 Å². The van der Waals surface area contributed by atoms with Gasteiger partial charge >= 0.3 is 0 Å². The van der Waals surface area contributed by atoms with E-state index < -0.39 is 0 Å². The van der Waals surface area contributed by atoms with Crippen LogP contribution in [0, 0.1) is 0 Å². The normalized spacial score (nSPS) is 9.40. The molecule has 0 saturated carbocycles. The maximum Gasteiger partial charge on any atom is 0.243 e. The van der Waals surface area contributed by atoms with Gasteiger partial charge in [-0.3, -0.25) is 9.63 Å². The van der Waals surface area contributed by atoms with Crippen molar-refractivity contribution >= 4 is 5.91 Å². The number of hydroxylamine groups is 1. The monoisotopic (exact) mass is 145 g/mol. The Balaban J connectivity index is 3.05. The van der Waals surface area contributed by atoms with E-state index in [0.717, 1.165) is 12.8 Å². The van der Waals surface area contributed by atoms with Gasteiger partial charge in [0.25, 0.3) is 0 Å². The SMILES string of the molecule is CCCONC(=O)CCC. The summed E-state index contributed by atoms with van der Waals surface area (Å²) in [4.78, 5) is 15.5. The number of rotatable bonds is 5. The number of carbonyl (C=O) groups is 1. The first-order chi connectivity index (χ1) is 4.81. The molecular weight excluding hydrogens is 130 g/mol. The Morgan fingerprint density at radius 3 is 2.60 bits per heavy atom. The van der Waals surface area contributed by atoms with E-state index in [1.54, 1.807) is 0 Å². The summed E-state index contributed by atoms with van der Waals surface area (Å²) in [5, 5.41) is 0. The highest BCUT2D eigenvalue weighted by Crippen LogP contribution is 1.85. The molecule has 3 heteroatoms. The predicted molar refractivity (Wildman–Crippen MR) is 39.3 cm³/mol. The predicted octanol–water partition coefficient (Wildman–Crippen LogP) is 1.24. The van der Waals surface area contributed by atoms with Crippen LogP contribution in [0.4, 0.5) is 0 Å². The minimum atomic E-state index is -0.0315. The zero-order valence-electron chi connectivity index (χ0n) is 6.64. The smallest absolute Gasteiger partial charge is 0.243 e. The molecule has 0 bridgehead atoms. The highest BCUT2D eigenvalue weighted by molar-refractivity contribution is 5.74. The molecule has 0 spiro atoms. The van der Waals surface area contributed by atoms with Gasteiger partial charge in [0, 0.05) is 6.42 Å². The average Bonchev–Trinajstić information content (AvgIpc) is 1.89. The van der Waals surface area contributed by atoms with E-state index in [1.807, 2.05) is 13.8 Å². The zero-order valence-corrected chi connectivity index (χ0v) is 6.64. The van der Waals surface area contributed by atoms with Crippen LogP contribution in [-0.4, -0.2) is 12.5 Å². The first kappa shape index (κ1) is 9.43. The van der Waals surface area contributed by atoms with Crippen LogP contribution in [0.2, 0.25) is 0 Å². The molecule has 3 nitrogen and oxygen atoms in total. The largest absolute Gasteiger partial charge is 0.274 e. The fraction of sp³-hybridized carbons (Fsp3) is 0.857. The Bertz CT molecular complexity index is 93.6. The van der Waals surface area contributed by atoms with Crippen LogP contribution < -0.4 is 5.48 Å². The third-order valence-electron chi connectivity index (χ3n) is 0.969. The highest BCUT2D eigenvalue weighted by Gasteiger charge is 1.95. The minimum Gasteiger partial charge on any atom is -0.274 e. The van der Waals surface area contributed by atoms with Crippen molar-refractivity contribution in [1.82, 2.24) is 5.48 Å². The lowest BCUT2D eigenvalue weighted by Crippen LogP contribution is -2.23. The van der Waals surface area contributed by atoms with Gasteiger partial charge in [0.05, 0.1) is 6.61 Å². The van der Waals surface area contributed by atoms with Crippen LogP contribution in [0.3, 0.4) is 0 Å². The second-order valence-corrected chi connectivity index (χ2v) is 2.12. The van der Waals surface area contributed by atoms with Crippen molar-refractivity contribution < 1.29 is 9.63 Å². The van der Waals surface area contributed by atoms with Crippen LogP contribution in [0.15, 0.2) is 0 Å². The Morgan fingerprint density at radius 1 is 1.40 bits per heavy atom. The first-order valence-corrected chi connectivity index (χ1v) is 3.71. The molecule has 0 aliphatic carbocycles. The Labute approximate surface area is 61.7 Å². The van der Waals surface area contributed by atoms with Crippen LogP contribution in [0.1, 0.15) is 33.1 Å². The van der Waals surface area contributed by atoms with Crippen molar-refractivity contribution in [2.24, 2.45) is 0 Å². The van der Waals surface area contributed by atoms with E-state index in [-0.39, 0.29) is 5.91 Å². The third-order valence-corrected chi connectivity index (χ3v) is 0.969. The summed E-state index contributed by atoms with van der Waals surface area (Å²) >= 11 is 0. The molecule has 0 heterocycles. The summed E-state index contributed by atoms with van der Waals surface area (Å²) in [6, 6.07) is 0. The van der Waals surface area contributed by atoms with E-state index in [4.69, 9.17) is 4.84 Å². The Morgan fingerprint density at radius 2 is 2.10 bits per heavy atom. The van der Waals surface area contributed by atoms with Crippen LogP contribution in [-0.2, 0) is 9.63 Å². The van der Waals surface area contributed by atoms with E-state index in [0.29, 0.717) is 13.0 Å². The summed E-state index contributed by atoms with van der Waals surface area (Å²) in [6.45, 7) is 4.54. The standard InChI is InChI=1S/C7H15NO2/c1-3-5-7(9)8-10-6-4-2/h3-6H2,1-2H3,(H,8,9). The number of nitrogens with one attached hydrogen (secondary N) is 1. The van der Waals surface area contributed by atoms with Crippen molar-refractivity contribution in [2.75, 3.05) is 6.61 Å². The molecule has 0 aliphatic heterocycles. The molecule has 0 unspecified atom stereocenters. The van der Waals surface area contributed by atoms with Crippen LogP contribution >= 0.6 is 0 Å². The lowest BCUT2D eigenvalue weighted by atomic mass is 10.3. The van der Waals surface area contributed by atoms with E-state index in [1.165, 1.54) is 0 Å². The Kier molecular flexibility index (Phi) is 6.18. The highest BCUT2D eigenvalue weighted by atomic mass is 16.6. The summed E-state index contributed by atoms with van der Waals surface area (Å²) in [6.07, 6.45) is 2.33. The lowest BCUT2D eigenvalue weighted by Gasteiger charge is -2.01. The van der Waals surface area contributed by atoms with Gasteiger partial charge < -0.3 is 0 Å². The summed E-state index contributed by atoms with van der Waals surface area (Å²) < 4.78 is 0. The van der Waals surface area contributed by atoms with Crippen molar-refractivity contribution in [3.8, 4) is 0 Å². The maximum atomic E-state index is 10.7. The van der Waals surface area contributed by atoms with Crippen molar-refractivity contribution in [3.63, 3.8) is 0 Å². The molecule has 0 radical (unpaired) electrons. The molecule has 0 rings (SSSR count). The van der Waals surface area contributed by atoms with E-state index in [9.17, 15) is 4.79 Å². The van der Waals surface area contributed by atoms with Gasteiger partial charge in [0.2, 0.25) is 5.91 Å². The molecule has 60 valence electrons. The maximum absolute atomic E-state index is 10.7. The second kappa shape index (κ2) is 6.55. The molecule has 1 N–H and O–H groups in total. The van der Waals surface area contributed by atoms with Gasteiger partial charge in [-0.05, 0) is 12.8 Å². The van der Waals surface area contributed by atoms with E-state index >= 15 is 0 Å². The second-order valence-electron chi connectivity index (χ2n) is 2.12. The quantitative estimate of drug-likeness (QED) is 0.467. The summed E-state index contributed by atoms with van der Waals surface area (Å²) in [7, 11) is 0. The number of amides is 1. The molecule has 0 aromatic heterocycles. The van der Waals surface area contributed by atoms with Gasteiger partial charge in [-0.2, -0.15) is 0 Å². The van der Waals surface area contributed by atoms with Gasteiger partial charge in [0.15, 0.2) is 0 Å². The molecule has 0 saturated heterocycles. The number of carbonyl (C=O) groups excluding carboxylic acids is 1. The lowest BCUT2D eigenvalue weighted by molar-refractivity contribution is -0.133. The fourth-order valence-corrected chi connectivity index (χ4v) is 0.512. The van der Waals surface area contributed by atoms with E-state index in [2.05, 4.69) is 5.48 Å². The summed E-state index contributed by atoms with van der Waals surface area (Å²) in [5.74, 6) is -0.0315. The van der Waals surface area contributed by atoms with Gasteiger partial charge in [-0.15, -0.1) is 0 Å². The van der Waals surface area contributed by atoms with Crippen molar-refractivity contribution in [1.29, 1.82) is 0 Å². The molecule has 0 aromatic rings. The average molecular weight is 145 g/mol. The minimum absolute atomic E-state index is 0.0315. The molecule has 0 fully saturated rings. The van der Waals surface area contributed by atoms with Crippen molar-refractivity contribution in [3.05, 3.63) is 0 Å². The molecular formula is C7H15NO2. The molecule has 0 aliphatic rings. The first-order valence-electron chi connectivity index (χ1n) is 3.71. The zero-order chi connectivity index (χ0) is 7.82. The van der Waals surface area contributed by atoms with Crippen LogP contribution in [0.25, 0.3) is 0 Å². The summed E-state index contributed by atoms with van der Waals surface area (Å²) in [5.41, 5.74) is 2.35. The van der Waals surface area contributed by atoms with Gasteiger partial charge in [-0.25, -0.2) is 5.48 Å². The molecule has 0 atom stereocenters. The van der Waals surface area contributed by atoms with Gasteiger partial charge in [0.1, 0.15) is 0 Å². The molecule has 10 heavy (non-hydrogen) atoms. The third kappa shape index (κ3) is 5.56. The van der Waals surface area contributed by atoms with Crippen LogP contribution in [0.5, 0.6) is 0 Å². The number of hydrogen-bond donors (Lipinski definition) is 1. The van der Waals surface area contributed by atoms with Gasteiger partial charge in [-0.1, -0.05) is 13.8 Å².